The Morgan fingerprint density at radius 1 is 1.47 bits per heavy atom. The number of β-amino-alcohol motifs (C(OH)–C–C–N with tert-alkyl or cyclic N) is 1. The third kappa shape index (κ3) is 2.62. The van der Waals surface area contributed by atoms with Crippen molar-refractivity contribution in [1.29, 1.82) is 0 Å². The molecule has 0 saturated carbocycles. The van der Waals surface area contributed by atoms with E-state index in [0.29, 0.717) is 10.6 Å². The van der Waals surface area contributed by atoms with Gasteiger partial charge >= 0.3 is 5.97 Å². The van der Waals surface area contributed by atoms with Crippen LogP contribution in [0.3, 0.4) is 0 Å². The molecular weight excluding hydrogens is 268 g/mol. The predicted octanol–water partition coefficient (Wildman–Crippen LogP) is 0.508. The van der Waals surface area contributed by atoms with Gasteiger partial charge in [0, 0.05) is 13.0 Å². The number of aromatic nitrogens is 1. The van der Waals surface area contributed by atoms with Gasteiger partial charge in [0.2, 0.25) is 0 Å². The molecule has 1 fully saturated rings. The Kier molecular flexibility index (Phi) is 3.86. The van der Waals surface area contributed by atoms with E-state index in [-0.39, 0.29) is 18.9 Å². The van der Waals surface area contributed by atoms with Gasteiger partial charge in [0.05, 0.1) is 23.9 Å². The second-order valence-electron chi connectivity index (χ2n) is 4.53. The molecule has 6 nitrogen and oxygen atoms in total. The number of aliphatic hydroxyl groups is 1. The lowest BCUT2D eigenvalue weighted by Gasteiger charge is -2.21. The molecule has 0 spiro atoms. The van der Waals surface area contributed by atoms with Gasteiger partial charge in [0.25, 0.3) is 5.91 Å². The van der Waals surface area contributed by atoms with E-state index < -0.39 is 18.1 Å². The average Bonchev–Trinajstić information content (AvgIpc) is 2.90. The Balaban J connectivity index is 2.26. The minimum absolute atomic E-state index is 0.148. The molecule has 1 aliphatic rings. The smallest absolute Gasteiger partial charge is 0.328 e. The Hall–Kier alpha value is -1.47. The molecule has 19 heavy (non-hydrogen) atoms. The summed E-state index contributed by atoms with van der Waals surface area (Å²) in [6.45, 7) is 3.73. The largest absolute Gasteiger partial charge is 0.467 e. The van der Waals surface area contributed by atoms with Crippen molar-refractivity contribution < 1.29 is 19.4 Å². The summed E-state index contributed by atoms with van der Waals surface area (Å²) < 4.78 is 4.68. The summed E-state index contributed by atoms with van der Waals surface area (Å²) in [5.74, 6) is -0.765. The third-order valence-electron chi connectivity index (χ3n) is 3.11. The monoisotopic (exact) mass is 284 g/mol. The van der Waals surface area contributed by atoms with Gasteiger partial charge < -0.3 is 14.7 Å². The second-order valence-corrected chi connectivity index (χ2v) is 5.74. The number of aryl methyl sites for hydroxylation is 2. The fourth-order valence-electron chi connectivity index (χ4n) is 2.26. The zero-order chi connectivity index (χ0) is 14.2. The Labute approximate surface area is 115 Å². The fourth-order valence-corrected chi connectivity index (χ4v) is 3.13. The summed E-state index contributed by atoms with van der Waals surface area (Å²) in [7, 11) is 1.28. The van der Waals surface area contributed by atoms with E-state index in [0.717, 1.165) is 5.01 Å². The third-order valence-corrected chi connectivity index (χ3v) is 4.17. The Bertz CT molecular complexity index is 514. The molecule has 1 N–H and O–H groups in total. The van der Waals surface area contributed by atoms with Crippen LogP contribution >= 0.6 is 11.3 Å². The molecule has 2 unspecified atom stereocenters. The number of carbonyl (C=O) groups is 2. The molecule has 7 heteroatoms. The quantitative estimate of drug-likeness (QED) is 0.800. The van der Waals surface area contributed by atoms with Crippen LogP contribution in [0.5, 0.6) is 0 Å². The fraction of sp³-hybridized carbons (Fsp3) is 0.583. The molecule has 1 aromatic rings. The van der Waals surface area contributed by atoms with Crippen molar-refractivity contribution in [3.63, 3.8) is 0 Å². The van der Waals surface area contributed by atoms with Crippen molar-refractivity contribution in [2.75, 3.05) is 13.7 Å². The lowest BCUT2D eigenvalue weighted by Crippen LogP contribution is -2.41. The molecule has 0 aromatic carbocycles. The van der Waals surface area contributed by atoms with Gasteiger partial charge in [0.15, 0.2) is 0 Å². The molecule has 0 bridgehead atoms. The van der Waals surface area contributed by atoms with E-state index in [2.05, 4.69) is 9.72 Å². The molecule has 1 amide bonds. The van der Waals surface area contributed by atoms with E-state index in [1.54, 1.807) is 6.92 Å². The van der Waals surface area contributed by atoms with Crippen LogP contribution in [0.2, 0.25) is 0 Å². The number of thiazole rings is 1. The molecule has 104 valence electrons. The highest BCUT2D eigenvalue weighted by atomic mass is 32.1. The minimum atomic E-state index is -0.714. The highest BCUT2D eigenvalue weighted by Crippen LogP contribution is 2.25. The first-order chi connectivity index (χ1) is 8.93. The summed E-state index contributed by atoms with van der Waals surface area (Å²) in [6, 6.07) is -0.714. The van der Waals surface area contributed by atoms with Crippen LogP contribution in [0, 0.1) is 13.8 Å². The number of rotatable bonds is 2. The normalized spacial score (nSPS) is 22.6. The maximum atomic E-state index is 12.4. The zero-order valence-corrected chi connectivity index (χ0v) is 11.9. The summed E-state index contributed by atoms with van der Waals surface area (Å²) in [5.41, 5.74) is 0.650. The number of esters is 1. The second kappa shape index (κ2) is 5.26. The van der Waals surface area contributed by atoms with Gasteiger partial charge in [0.1, 0.15) is 10.9 Å². The average molecular weight is 284 g/mol. The first kappa shape index (κ1) is 14.0. The summed E-state index contributed by atoms with van der Waals surface area (Å²) in [6.07, 6.45) is -0.475. The number of amides is 1. The van der Waals surface area contributed by atoms with Gasteiger partial charge in [-0.3, -0.25) is 4.79 Å². The van der Waals surface area contributed by atoms with Crippen molar-refractivity contribution in [3.05, 3.63) is 15.6 Å². The highest BCUT2D eigenvalue weighted by molar-refractivity contribution is 7.13. The van der Waals surface area contributed by atoms with Gasteiger partial charge in [-0.2, -0.15) is 0 Å². The van der Waals surface area contributed by atoms with Crippen LogP contribution < -0.4 is 0 Å². The molecule has 1 saturated heterocycles. The molecular formula is C12H16N2O4S. The van der Waals surface area contributed by atoms with E-state index in [9.17, 15) is 14.7 Å². The van der Waals surface area contributed by atoms with Gasteiger partial charge in [-0.05, 0) is 13.8 Å². The van der Waals surface area contributed by atoms with Crippen molar-refractivity contribution in [2.24, 2.45) is 0 Å². The van der Waals surface area contributed by atoms with Gasteiger partial charge in [-0.25, -0.2) is 9.78 Å². The minimum Gasteiger partial charge on any atom is -0.467 e. The van der Waals surface area contributed by atoms with E-state index in [1.807, 2.05) is 6.92 Å². The number of carbonyl (C=O) groups excluding carboxylic acids is 2. The van der Waals surface area contributed by atoms with Crippen molar-refractivity contribution in [2.45, 2.75) is 32.4 Å². The number of ether oxygens (including phenoxy) is 1. The summed E-state index contributed by atoms with van der Waals surface area (Å²) in [4.78, 5) is 30.2. The Morgan fingerprint density at radius 3 is 2.68 bits per heavy atom. The van der Waals surface area contributed by atoms with E-state index in [1.165, 1.54) is 23.3 Å². The topological polar surface area (TPSA) is 79.7 Å². The number of methoxy groups -OCH3 is 1. The van der Waals surface area contributed by atoms with Crippen molar-refractivity contribution in [1.82, 2.24) is 9.88 Å². The van der Waals surface area contributed by atoms with Crippen LogP contribution in [0.25, 0.3) is 0 Å². The van der Waals surface area contributed by atoms with Gasteiger partial charge in [-0.1, -0.05) is 0 Å². The molecule has 0 radical (unpaired) electrons. The molecule has 2 atom stereocenters. The molecule has 1 aromatic heterocycles. The van der Waals surface area contributed by atoms with Crippen LogP contribution in [-0.4, -0.2) is 52.7 Å². The van der Waals surface area contributed by atoms with Crippen LogP contribution in [0.15, 0.2) is 0 Å². The predicted molar refractivity (Wildman–Crippen MR) is 69.1 cm³/mol. The molecule has 0 aliphatic carbocycles. The molecule has 2 rings (SSSR count). The van der Waals surface area contributed by atoms with Crippen molar-refractivity contribution in [3.8, 4) is 0 Å². The maximum Gasteiger partial charge on any atom is 0.328 e. The highest BCUT2D eigenvalue weighted by Gasteiger charge is 2.40. The van der Waals surface area contributed by atoms with Crippen LogP contribution in [0.1, 0.15) is 26.8 Å². The van der Waals surface area contributed by atoms with E-state index in [4.69, 9.17) is 0 Å². The standard InChI is InChI=1S/C12H16N2O4S/c1-6-10(19-7(2)13-6)11(16)14-5-8(15)4-9(14)12(17)18-3/h8-9,15H,4-5H2,1-3H3. The van der Waals surface area contributed by atoms with Crippen LogP contribution in [-0.2, 0) is 9.53 Å². The lowest BCUT2D eigenvalue weighted by atomic mass is 10.2. The van der Waals surface area contributed by atoms with Crippen molar-refractivity contribution >= 4 is 23.2 Å². The Morgan fingerprint density at radius 2 is 2.16 bits per heavy atom. The van der Waals surface area contributed by atoms with Gasteiger partial charge in [-0.15, -0.1) is 11.3 Å². The molecule has 2 heterocycles. The first-order valence-electron chi connectivity index (χ1n) is 5.95. The number of likely N-dealkylation sites (tertiary alicyclic amines) is 1. The summed E-state index contributed by atoms with van der Waals surface area (Å²) in [5, 5.41) is 10.5. The number of nitrogens with zero attached hydrogens (tertiary/aromatic N) is 2. The van der Waals surface area contributed by atoms with Crippen LogP contribution in [0.4, 0.5) is 0 Å². The van der Waals surface area contributed by atoms with E-state index >= 15 is 0 Å². The number of hydrogen-bond acceptors (Lipinski definition) is 6. The SMILES string of the molecule is COC(=O)C1CC(O)CN1C(=O)c1sc(C)nc1C. The number of aliphatic hydroxyl groups excluding tert-OH is 1. The zero-order valence-electron chi connectivity index (χ0n) is 11.0. The summed E-state index contributed by atoms with van der Waals surface area (Å²) >= 11 is 1.30. The first-order valence-corrected chi connectivity index (χ1v) is 6.76. The lowest BCUT2D eigenvalue weighted by molar-refractivity contribution is -0.145. The maximum absolute atomic E-state index is 12.4. The molecule has 1 aliphatic heterocycles. The number of hydrogen-bond donors (Lipinski definition) is 1.